The third-order valence-electron chi connectivity index (χ3n) is 3.89. The summed E-state index contributed by atoms with van der Waals surface area (Å²) in [5.41, 5.74) is 3.19. The molecule has 3 aromatic rings. The lowest BCUT2D eigenvalue weighted by Crippen LogP contribution is -2.29. The number of likely N-dealkylation sites (N-methyl/N-ethyl adjacent to an activating group) is 1. The van der Waals surface area contributed by atoms with Crippen molar-refractivity contribution in [2.75, 3.05) is 26.7 Å². The van der Waals surface area contributed by atoms with Crippen molar-refractivity contribution < 1.29 is 14.6 Å². The van der Waals surface area contributed by atoms with Crippen molar-refractivity contribution in [1.29, 1.82) is 0 Å². The number of aromatic nitrogens is 1. The second-order valence-electron chi connectivity index (χ2n) is 5.89. The summed E-state index contributed by atoms with van der Waals surface area (Å²) in [5.74, 6) is -0.0912. The van der Waals surface area contributed by atoms with Gasteiger partial charge >= 0.3 is 5.97 Å². The van der Waals surface area contributed by atoms with Crippen LogP contribution in [0.25, 0.3) is 21.7 Å². The summed E-state index contributed by atoms with van der Waals surface area (Å²) in [4.78, 5) is 16.9. The number of carboxylic acids is 1. The molecule has 0 aliphatic rings. The fourth-order valence-corrected chi connectivity index (χ4v) is 3.27. The van der Waals surface area contributed by atoms with Gasteiger partial charge in [-0.1, -0.05) is 36.4 Å². The summed E-state index contributed by atoms with van der Waals surface area (Å²) in [6, 6.07) is 16.2. The van der Waals surface area contributed by atoms with E-state index in [-0.39, 0.29) is 19.0 Å². The zero-order valence-corrected chi connectivity index (χ0v) is 16.5. The van der Waals surface area contributed by atoms with Crippen molar-refractivity contribution in [3.8, 4) is 27.4 Å². The molecule has 1 N–H and O–H groups in total. The lowest BCUT2D eigenvalue weighted by atomic mass is 10.0. The maximum Gasteiger partial charge on any atom is 0.317 e. The Morgan fingerprint density at radius 3 is 2.63 bits per heavy atom. The van der Waals surface area contributed by atoms with Gasteiger partial charge in [0, 0.05) is 18.1 Å². The number of halogens is 1. The highest BCUT2D eigenvalue weighted by atomic mass is 35.5. The van der Waals surface area contributed by atoms with Crippen LogP contribution < -0.4 is 4.74 Å². The predicted octanol–water partition coefficient (Wildman–Crippen LogP) is 4.29. The Hall–Kier alpha value is -2.41. The van der Waals surface area contributed by atoms with Crippen LogP contribution in [0.1, 0.15) is 0 Å². The van der Waals surface area contributed by atoms with E-state index in [0.717, 1.165) is 27.4 Å². The highest BCUT2D eigenvalue weighted by Crippen LogP contribution is 2.35. The SMILES string of the molecule is CN(CCOc1ccc(-c2ccccc2)cc1-c1nccs1)CC(=O)O.Cl. The van der Waals surface area contributed by atoms with Gasteiger partial charge in [0.15, 0.2) is 0 Å². The van der Waals surface area contributed by atoms with Crippen LogP contribution in [0.3, 0.4) is 0 Å². The van der Waals surface area contributed by atoms with E-state index in [1.54, 1.807) is 29.5 Å². The highest BCUT2D eigenvalue weighted by molar-refractivity contribution is 7.13. The normalized spacial score (nSPS) is 10.4. The second kappa shape index (κ2) is 10.1. The van der Waals surface area contributed by atoms with Gasteiger partial charge in [-0.25, -0.2) is 4.98 Å². The molecule has 27 heavy (non-hydrogen) atoms. The van der Waals surface area contributed by atoms with E-state index >= 15 is 0 Å². The van der Waals surface area contributed by atoms with Crippen LogP contribution in [0, 0.1) is 0 Å². The maximum absolute atomic E-state index is 10.7. The van der Waals surface area contributed by atoms with Crippen LogP contribution in [-0.4, -0.2) is 47.7 Å². The minimum absolute atomic E-state index is 0. The third kappa shape index (κ3) is 5.79. The molecule has 3 rings (SSSR count). The molecular formula is C20H21ClN2O3S. The molecule has 0 atom stereocenters. The third-order valence-corrected chi connectivity index (χ3v) is 4.69. The molecule has 0 saturated heterocycles. The van der Waals surface area contributed by atoms with Crippen LogP contribution in [0.15, 0.2) is 60.1 Å². The quantitative estimate of drug-likeness (QED) is 0.606. The average molecular weight is 405 g/mol. The van der Waals surface area contributed by atoms with Gasteiger partial charge in [0.25, 0.3) is 0 Å². The molecule has 0 aliphatic heterocycles. The number of thiazole rings is 1. The monoisotopic (exact) mass is 404 g/mol. The molecule has 0 fully saturated rings. The lowest BCUT2D eigenvalue weighted by molar-refractivity contribution is -0.138. The molecule has 2 aromatic carbocycles. The van der Waals surface area contributed by atoms with Crippen LogP contribution in [0.4, 0.5) is 0 Å². The Morgan fingerprint density at radius 2 is 1.96 bits per heavy atom. The number of hydrogen-bond donors (Lipinski definition) is 1. The number of carboxylic acid groups (broad SMARTS) is 1. The largest absolute Gasteiger partial charge is 0.492 e. The number of carbonyl (C=O) groups is 1. The van der Waals surface area contributed by atoms with Gasteiger partial charge in [0.1, 0.15) is 17.4 Å². The number of ether oxygens (including phenoxy) is 1. The van der Waals surface area contributed by atoms with Crippen LogP contribution in [0.2, 0.25) is 0 Å². The molecule has 0 spiro atoms. The molecule has 0 unspecified atom stereocenters. The molecule has 142 valence electrons. The fraction of sp³-hybridized carbons (Fsp3) is 0.200. The molecule has 0 saturated carbocycles. The van der Waals surface area contributed by atoms with Gasteiger partial charge in [-0.05, 0) is 30.3 Å². The molecule has 0 radical (unpaired) electrons. The number of nitrogens with zero attached hydrogens (tertiary/aromatic N) is 2. The van der Waals surface area contributed by atoms with E-state index < -0.39 is 5.97 Å². The van der Waals surface area contributed by atoms with Crippen LogP contribution in [-0.2, 0) is 4.79 Å². The van der Waals surface area contributed by atoms with Gasteiger partial charge < -0.3 is 9.84 Å². The summed E-state index contributed by atoms with van der Waals surface area (Å²) in [6.45, 7) is 0.937. The van der Waals surface area contributed by atoms with Crippen molar-refractivity contribution in [2.45, 2.75) is 0 Å². The summed E-state index contributed by atoms with van der Waals surface area (Å²) < 4.78 is 5.94. The molecular weight excluding hydrogens is 384 g/mol. The Bertz CT molecular complexity index is 857. The first-order chi connectivity index (χ1) is 12.6. The van der Waals surface area contributed by atoms with Crippen molar-refractivity contribution in [2.24, 2.45) is 0 Å². The molecule has 7 heteroatoms. The number of aliphatic carboxylic acids is 1. The van der Waals surface area contributed by atoms with Gasteiger partial charge in [-0.2, -0.15) is 0 Å². The second-order valence-corrected chi connectivity index (χ2v) is 6.79. The van der Waals surface area contributed by atoms with E-state index in [0.29, 0.717) is 13.2 Å². The van der Waals surface area contributed by atoms with Gasteiger partial charge in [-0.15, -0.1) is 23.7 Å². The summed E-state index contributed by atoms with van der Waals surface area (Å²) >= 11 is 1.56. The zero-order valence-electron chi connectivity index (χ0n) is 14.9. The Kier molecular flexibility index (Phi) is 7.79. The van der Waals surface area contributed by atoms with E-state index in [1.165, 1.54) is 0 Å². The molecule has 0 bridgehead atoms. The van der Waals surface area contributed by atoms with E-state index in [9.17, 15) is 4.79 Å². The molecule has 1 heterocycles. The molecule has 1 aromatic heterocycles. The average Bonchev–Trinajstić information content (AvgIpc) is 3.16. The van der Waals surface area contributed by atoms with E-state index in [1.807, 2.05) is 35.7 Å². The first kappa shape index (κ1) is 20.9. The summed E-state index contributed by atoms with van der Waals surface area (Å²) in [5, 5.41) is 11.7. The summed E-state index contributed by atoms with van der Waals surface area (Å²) in [6.07, 6.45) is 1.78. The minimum atomic E-state index is -0.844. The van der Waals surface area contributed by atoms with Gasteiger partial charge in [-0.3, -0.25) is 9.69 Å². The van der Waals surface area contributed by atoms with Crippen LogP contribution in [0.5, 0.6) is 5.75 Å². The number of rotatable bonds is 8. The number of benzene rings is 2. The Labute approximate surface area is 168 Å². The highest BCUT2D eigenvalue weighted by Gasteiger charge is 2.12. The molecule has 0 aliphatic carbocycles. The van der Waals surface area contributed by atoms with Crippen molar-refractivity contribution in [1.82, 2.24) is 9.88 Å². The van der Waals surface area contributed by atoms with Gasteiger partial charge in [0.2, 0.25) is 0 Å². The molecule has 0 amide bonds. The smallest absolute Gasteiger partial charge is 0.317 e. The maximum atomic E-state index is 10.7. The lowest BCUT2D eigenvalue weighted by Gasteiger charge is -2.16. The van der Waals surface area contributed by atoms with E-state index in [4.69, 9.17) is 9.84 Å². The topological polar surface area (TPSA) is 62.7 Å². The fourth-order valence-electron chi connectivity index (χ4n) is 2.61. The first-order valence-electron chi connectivity index (χ1n) is 8.26. The van der Waals surface area contributed by atoms with Crippen molar-refractivity contribution >= 4 is 29.7 Å². The molecule has 5 nitrogen and oxygen atoms in total. The Morgan fingerprint density at radius 1 is 1.19 bits per heavy atom. The van der Waals surface area contributed by atoms with Gasteiger partial charge in [0.05, 0.1) is 12.1 Å². The summed E-state index contributed by atoms with van der Waals surface area (Å²) in [7, 11) is 1.76. The predicted molar refractivity (Wildman–Crippen MR) is 111 cm³/mol. The van der Waals surface area contributed by atoms with E-state index in [2.05, 4.69) is 23.2 Å². The minimum Gasteiger partial charge on any atom is -0.492 e. The Balaban J connectivity index is 0.00000261. The van der Waals surface area contributed by atoms with Crippen molar-refractivity contribution in [3.05, 3.63) is 60.1 Å². The number of hydrogen-bond acceptors (Lipinski definition) is 5. The van der Waals surface area contributed by atoms with Crippen LogP contribution >= 0.6 is 23.7 Å². The first-order valence-corrected chi connectivity index (χ1v) is 9.14. The standard InChI is InChI=1S/C20H20N2O3S.ClH/c1-22(14-19(23)24)10-11-25-18-8-7-16(15-5-3-2-4-6-15)13-17(18)20-21-9-12-26-20;/h2-9,12-13H,10-11,14H2,1H3,(H,23,24);1H. The van der Waals surface area contributed by atoms with Crippen molar-refractivity contribution in [3.63, 3.8) is 0 Å². The zero-order chi connectivity index (χ0) is 18.4.